The quantitative estimate of drug-likeness (QED) is 0.291. The minimum Gasteiger partial charge on any atom is -0.493 e. The molecule has 0 radical (unpaired) electrons. The number of imide groups is 2. The van der Waals surface area contributed by atoms with Crippen LogP contribution in [-0.4, -0.2) is 37.5 Å². The van der Waals surface area contributed by atoms with Crippen LogP contribution in [0.4, 0.5) is 16.2 Å². The van der Waals surface area contributed by atoms with Gasteiger partial charge in [-0.1, -0.05) is 53.0 Å². The highest BCUT2D eigenvalue weighted by molar-refractivity contribution is 6.43. The van der Waals surface area contributed by atoms with Crippen molar-refractivity contribution in [3.8, 4) is 11.5 Å². The zero-order valence-electron chi connectivity index (χ0n) is 19.6. The van der Waals surface area contributed by atoms with Gasteiger partial charge in [0.15, 0.2) is 18.1 Å². The van der Waals surface area contributed by atoms with E-state index in [9.17, 15) is 19.2 Å². The Labute approximate surface area is 231 Å². The van der Waals surface area contributed by atoms with Crippen molar-refractivity contribution in [3.63, 3.8) is 0 Å². The van der Waals surface area contributed by atoms with Crippen LogP contribution in [0.25, 0.3) is 6.08 Å². The Hall–Kier alpha value is -4.05. The topological polar surface area (TPSA) is 114 Å². The number of halogens is 3. The number of amides is 5. The van der Waals surface area contributed by atoms with Gasteiger partial charge >= 0.3 is 6.03 Å². The first kappa shape index (κ1) is 27.0. The van der Waals surface area contributed by atoms with E-state index in [1.807, 2.05) is 0 Å². The second kappa shape index (κ2) is 11.6. The van der Waals surface area contributed by atoms with Gasteiger partial charge in [-0.3, -0.25) is 19.7 Å². The fraction of sp³-hybridized carbons (Fsp3) is 0.0769. The van der Waals surface area contributed by atoms with E-state index in [0.29, 0.717) is 16.3 Å². The van der Waals surface area contributed by atoms with Crippen molar-refractivity contribution >= 4 is 76.0 Å². The van der Waals surface area contributed by atoms with Gasteiger partial charge < -0.3 is 14.8 Å². The third kappa shape index (κ3) is 5.91. The van der Waals surface area contributed by atoms with Crippen LogP contribution >= 0.6 is 34.8 Å². The van der Waals surface area contributed by atoms with Crippen molar-refractivity contribution in [3.05, 3.63) is 86.9 Å². The van der Waals surface area contributed by atoms with Gasteiger partial charge in [0, 0.05) is 0 Å². The third-order valence-corrected chi connectivity index (χ3v) is 6.34. The third-order valence-electron chi connectivity index (χ3n) is 5.27. The van der Waals surface area contributed by atoms with Gasteiger partial charge in [0.2, 0.25) is 0 Å². The summed E-state index contributed by atoms with van der Waals surface area (Å²) >= 11 is 18.0. The fourth-order valence-corrected chi connectivity index (χ4v) is 3.94. The van der Waals surface area contributed by atoms with Crippen LogP contribution < -0.4 is 25.0 Å². The number of barbiturate groups is 1. The predicted octanol–water partition coefficient (Wildman–Crippen LogP) is 5.34. The summed E-state index contributed by atoms with van der Waals surface area (Å²) in [4.78, 5) is 51.1. The standard InChI is InChI=1S/C26H18Cl3N3O6/c1-37-22-11-14(6-9-21(22)38-13-23(33)30-20-5-3-2-4-18(20)28)10-16-24(34)31-26(36)32(25(16)35)15-7-8-17(27)19(29)12-15/h2-12H,13H2,1H3,(H,30,33)(H,31,34,36)/b16-10-. The summed E-state index contributed by atoms with van der Waals surface area (Å²) in [6.45, 7) is -0.330. The molecule has 2 N–H and O–H groups in total. The number of hydrogen-bond acceptors (Lipinski definition) is 6. The van der Waals surface area contributed by atoms with E-state index < -0.39 is 23.8 Å². The molecular weight excluding hydrogens is 557 g/mol. The lowest BCUT2D eigenvalue weighted by molar-refractivity contribution is -0.122. The Morgan fingerprint density at radius 3 is 2.42 bits per heavy atom. The highest BCUT2D eigenvalue weighted by atomic mass is 35.5. The molecule has 0 aromatic heterocycles. The number of carbonyl (C=O) groups excluding carboxylic acids is 4. The summed E-state index contributed by atoms with van der Waals surface area (Å²) in [5.41, 5.74) is 0.680. The Kier molecular flexibility index (Phi) is 8.21. The number of hydrogen-bond donors (Lipinski definition) is 2. The van der Waals surface area contributed by atoms with Gasteiger partial charge in [-0.2, -0.15) is 0 Å². The summed E-state index contributed by atoms with van der Waals surface area (Å²) in [7, 11) is 1.39. The second-order valence-electron chi connectivity index (χ2n) is 7.78. The van der Waals surface area contributed by atoms with E-state index >= 15 is 0 Å². The molecule has 3 aromatic carbocycles. The number of nitrogens with zero attached hydrogens (tertiary/aromatic N) is 1. The average molecular weight is 575 g/mol. The lowest BCUT2D eigenvalue weighted by atomic mass is 10.1. The molecule has 0 bridgehead atoms. The van der Waals surface area contributed by atoms with E-state index in [2.05, 4.69) is 10.6 Å². The van der Waals surface area contributed by atoms with Gasteiger partial charge in [-0.15, -0.1) is 0 Å². The largest absolute Gasteiger partial charge is 0.493 e. The molecule has 0 aliphatic carbocycles. The summed E-state index contributed by atoms with van der Waals surface area (Å²) in [6.07, 6.45) is 1.30. The van der Waals surface area contributed by atoms with Crippen LogP contribution in [0.15, 0.2) is 66.2 Å². The lowest BCUT2D eigenvalue weighted by Crippen LogP contribution is -2.54. The average Bonchev–Trinajstić information content (AvgIpc) is 2.89. The highest BCUT2D eigenvalue weighted by Gasteiger charge is 2.37. The van der Waals surface area contributed by atoms with Crippen LogP contribution in [0, 0.1) is 0 Å². The van der Waals surface area contributed by atoms with E-state index in [-0.39, 0.29) is 39.4 Å². The minimum atomic E-state index is -0.924. The number of carbonyl (C=O) groups is 4. The molecule has 4 rings (SSSR count). The van der Waals surface area contributed by atoms with Crippen LogP contribution in [0.2, 0.25) is 15.1 Å². The zero-order chi connectivity index (χ0) is 27.4. The molecule has 3 aromatic rings. The van der Waals surface area contributed by atoms with E-state index in [0.717, 1.165) is 4.90 Å². The maximum absolute atomic E-state index is 13.1. The van der Waals surface area contributed by atoms with Crippen molar-refractivity contribution in [2.45, 2.75) is 0 Å². The van der Waals surface area contributed by atoms with Crippen LogP contribution in [0.3, 0.4) is 0 Å². The highest BCUT2D eigenvalue weighted by Crippen LogP contribution is 2.32. The molecule has 194 valence electrons. The summed E-state index contributed by atoms with van der Waals surface area (Å²) in [5, 5.41) is 5.53. The second-order valence-corrected chi connectivity index (χ2v) is 9.00. The normalized spacial score (nSPS) is 14.4. The number of para-hydroxylation sites is 1. The minimum absolute atomic E-state index is 0.132. The molecule has 1 heterocycles. The Morgan fingerprint density at radius 1 is 0.947 bits per heavy atom. The van der Waals surface area contributed by atoms with E-state index in [1.54, 1.807) is 30.3 Å². The lowest BCUT2D eigenvalue weighted by Gasteiger charge is -2.26. The molecule has 38 heavy (non-hydrogen) atoms. The molecule has 12 heteroatoms. The molecule has 0 unspecified atom stereocenters. The maximum Gasteiger partial charge on any atom is 0.335 e. The van der Waals surface area contributed by atoms with Crippen molar-refractivity contribution in [1.82, 2.24) is 5.32 Å². The van der Waals surface area contributed by atoms with Crippen molar-refractivity contribution < 1.29 is 28.7 Å². The summed E-state index contributed by atoms with van der Waals surface area (Å²) in [6, 6.07) is 14.6. The monoisotopic (exact) mass is 573 g/mol. The Bertz CT molecular complexity index is 1490. The first-order valence-electron chi connectivity index (χ1n) is 10.9. The van der Waals surface area contributed by atoms with Gasteiger partial charge in [0.25, 0.3) is 17.7 Å². The van der Waals surface area contributed by atoms with Gasteiger partial charge in [-0.05, 0) is 54.1 Å². The maximum atomic E-state index is 13.1. The van der Waals surface area contributed by atoms with Gasteiger partial charge in [0.1, 0.15) is 5.57 Å². The SMILES string of the molecule is COc1cc(/C=C2/C(=O)NC(=O)N(c3ccc(Cl)c(Cl)c3)C2=O)ccc1OCC(=O)Nc1ccccc1Cl. The molecule has 9 nitrogen and oxygen atoms in total. The van der Waals surface area contributed by atoms with Crippen molar-refractivity contribution in [2.75, 3.05) is 23.9 Å². The van der Waals surface area contributed by atoms with Crippen molar-refractivity contribution in [2.24, 2.45) is 0 Å². The summed E-state index contributed by atoms with van der Waals surface area (Å²) in [5.74, 6) is -1.68. The number of urea groups is 1. The molecule has 0 atom stereocenters. The zero-order valence-corrected chi connectivity index (χ0v) is 21.9. The number of rotatable bonds is 7. The van der Waals surface area contributed by atoms with Gasteiger partial charge in [0.05, 0.1) is 33.6 Å². The van der Waals surface area contributed by atoms with Crippen LogP contribution in [-0.2, 0) is 14.4 Å². The van der Waals surface area contributed by atoms with Crippen LogP contribution in [0.5, 0.6) is 11.5 Å². The molecular formula is C26H18Cl3N3O6. The Morgan fingerprint density at radius 2 is 1.71 bits per heavy atom. The van der Waals surface area contributed by atoms with Crippen LogP contribution in [0.1, 0.15) is 5.56 Å². The molecule has 1 fully saturated rings. The molecule has 1 aliphatic rings. The number of ether oxygens (including phenoxy) is 2. The molecule has 0 saturated carbocycles. The smallest absolute Gasteiger partial charge is 0.335 e. The van der Waals surface area contributed by atoms with E-state index in [4.69, 9.17) is 44.3 Å². The molecule has 1 aliphatic heterocycles. The van der Waals surface area contributed by atoms with E-state index in [1.165, 1.54) is 43.5 Å². The molecule has 5 amide bonds. The number of benzene rings is 3. The van der Waals surface area contributed by atoms with Gasteiger partial charge in [-0.25, -0.2) is 9.69 Å². The first-order valence-corrected chi connectivity index (χ1v) is 12.0. The summed E-state index contributed by atoms with van der Waals surface area (Å²) < 4.78 is 10.9. The number of methoxy groups -OCH3 is 1. The Balaban J connectivity index is 1.53. The predicted molar refractivity (Wildman–Crippen MR) is 144 cm³/mol. The fourth-order valence-electron chi connectivity index (χ4n) is 3.47. The first-order chi connectivity index (χ1) is 18.2. The van der Waals surface area contributed by atoms with Crippen molar-refractivity contribution in [1.29, 1.82) is 0 Å². The molecule has 1 saturated heterocycles. The molecule has 0 spiro atoms. The number of nitrogens with one attached hydrogen (secondary N) is 2. The number of anilines is 2.